The highest BCUT2D eigenvalue weighted by molar-refractivity contribution is 7.89. The topological polar surface area (TPSA) is 64.6 Å². The van der Waals surface area contributed by atoms with Crippen LogP contribution in [0.2, 0.25) is 5.02 Å². The molecule has 0 aliphatic heterocycles. The SMILES string of the molecule is COc1ccccc1C(CNS(=O)(=O)c1cc(Cl)ccc1C)OC. The number of hydrogen-bond donors (Lipinski definition) is 1. The third-order valence-electron chi connectivity index (χ3n) is 3.67. The van der Waals surface area contributed by atoms with Gasteiger partial charge in [0.15, 0.2) is 0 Å². The summed E-state index contributed by atoms with van der Waals surface area (Å²) >= 11 is 5.91. The molecule has 1 unspecified atom stereocenters. The summed E-state index contributed by atoms with van der Waals surface area (Å²) in [5, 5.41) is 0.369. The molecule has 0 aromatic heterocycles. The van der Waals surface area contributed by atoms with Crippen molar-refractivity contribution in [3.05, 3.63) is 58.6 Å². The van der Waals surface area contributed by atoms with Crippen LogP contribution in [0.5, 0.6) is 5.75 Å². The van der Waals surface area contributed by atoms with E-state index in [0.717, 1.165) is 5.56 Å². The number of para-hydroxylation sites is 1. The molecule has 0 amide bonds. The maximum atomic E-state index is 12.6. The fourth-order valence-electron chi connectivity index (χ4n) is 2.38. The Hall–Kier alpha value is -1.60. The Balaban J connectivity index is 2.22. The highest BCUT2D eigenvalue weighted by atomic mass is 35.5. The first-order chi connectivity index (χ1) is 11.4. The van der Waals surface area contributed by atoms with Crippen LogP contribution in [-0.4, -0.2) is 29.2 Å². The van der Waals surface area contributed by atoms with Crippen LogP contribution in [0.3, 0.4) is 0 Å². The Bertz CT molecular complexity index is 808. The predicted molar refractivity (Wildman–Crippen MR) is 94.1 cm³/mol. The minimum atomic E-state index is -3.70. The van der Waals surface area contributed by atoms with E-state index in [1.807, 2.05) is 18.2 Å². The summed E-state index contributed by atoms with van der Waals surface area (Å²) in [5.74, 6) is 0.641. The van der Waals surface area contributed by atoms with Crippen molar-refractivity contribution in [3.8, 4) is 5.75 Å². The molecular formula is C17H20ClNO4S. The second-order valence-electron chi connectivity index (χ2n) is 5.23. The molecule has 1 atom stereocenters. The van der Waals surface area contributed by atoms with Gasteiger partial charge in [0.25, 0.3) is 0 Å². The van der Waals surface area contributed by atoms with Gasteiger partial charge in [0.2, 0.25) is 10.0 Å². The molecule has 24 heavy (non-hydrogen) atoms. The van der Waals surface area contributed by atoms with Crippen LogP contribution < -0.4 is 9.46 Å². The summed E-state index contributed by atoms with van der Waals surface area (Å²) in [5.41, 5.74) is 1.39. The summed E-state index contributed by atoms with van der Waals surface area (Å²) < 4.78 is 38.4. The van der Waals surface area contributed by atoms with Crippen LogP contribution in [0.15, 0.2) is 47.4 Å². The minimum Gasteiger partial charge on any atom is -0.496 e. The molecule has 2 aromatic rings. The van der Waals surface area contributed by atoms with E-state index >= 15 is 0 Å². The van der Waals surface area contributed by atoms with Crippen LogP contribution in [0.1, 0.15) is 17.2 Å². The van der Waals surface area contributed by atoms with Gasteiger partial charge in [0.1, 0.15) is 5.75 Å². The summed E-state index contributed by atoms with van der Waals surface area (Å²) in [6.45, 7) is 1.80. The molecule has 0 saturated carbocycles. The van der Waals surface area contributed by atoms with E-state index in [1.54, 1.807) is 32.2 Å². The highest BCUT2D eigenvalue weighted by Gasteiger charge is 2.21. The van der Waals surface area contributed by atoms with E-state index in [0.29, 0.717) is 16.3 Å². The Morgan fingerprint density at radius 3 is 2.54 bits per heavy atom. The van der Waals surface area contributed by atoms with E-state index in [1.165, 1.54) is 13.2 Å². The number of methoxy groups -OCH3 is 2. The van der Waals surface area contributed by atoms with Crippen molar-refractivity contribution in [2.75, 3.05) is 20.8 Å². The van der Waals surface area contributed by atoms with Crippen LogP contribution >= 0.6 is 11.6 Å². The maximum Gasteiger partial charge on any atom is 0.240 e. The second kappa shape index (κ2) is 7.98. The van der Waals surface area contributed by atoms with Gasteiger partial charge in [-0.3, -0.25) is 0 Å². The molecule has 0 bridgehead atoms. The molecule has 0 aliphatic rings. The molecule has 130 valence electrons. The number of benzene rings is 2. The standard InChI is InChI=1S/C17H20ClNO4S/c1-12-8-9-13(18)10-17(12)24(20,21)19-11-16(23-3)14-6-4-5-7-15(14)22-2/h4-10,16,19H,11H2,1-3H3. The number of sulfonamides is 1. The average Bonchev–Trinajstić information content (AvgIpc) is 2.57. The largest absolute Gasteiger partial charge is 0.496 e. The van der Waals surface area contributed by atoms with Gasteiger partial charge in [0, 0.05) is 24.2 Å². The first-order valence-corrected chi connectivity index (χ1v) is 9.16. The number of rotatable bonds is 7. The maximum absolute atomic E-state index is 12.6. The summed E-state index contributed by atoms with van der Waals surface area (Å²) in [7, 11) is -0.617. The molecule has 0 aliphatic carbocycles. The van der Waals surface area contributed by atoms with E-state index in [9.17, 15) is 8.42 Å². The lowest BCUT2D eigenvalue weighted by atomic mass is 10.1. The van der Waals surface area contributed by atoms with Crippen molar-refractivity contribution < 1.29 is 17.9 Å². The first-order valence-electron chi connectivity index (χ1n) is 7.30. The second-order valence-corrected chi connectivity index (χ2v) is 7.40. The predicted octanol–water partition coefficient (Wildman–Crippen LogP) is 3.32. The van der Waals surface area contributed by atoms with Gasteiger partial charge in [-0.1, -0.05) is 35.9 Å². The van der Waals surface area contributed by atoms with Crippen LogP contribution in [0.4, 0.5) is 0 Å². The molecule has 0 spiro atoms. The van der Waals surface area contributed by atoms with Gasteiger partial charge in [-0.05, 0) is 30.7 Å². The Labute approximate surface area is 147 Å². The molecule has 2 aromatic carbocycles. The van der Waals surface area contributed by atoms with Crippen LogP contribution in [0, 0.1) is 6.92 Å². The minimum absolute atomic E-state index is 0.0746. The zero-order chi connectivity index (χ0) is 17.7. The number of hydrogen-bond acceptors (Lipinski definition) is 4. The van der Waals surface area contributed by atoms with E-state index in [2.05, 4.69) is 4.72 Å². The average molecular weight is 370 g/mol. The Kier molecular flexibility index (Phi) is 6.23. The van der Waals surface area contributed by atoms with Gasteiger partial charge in [-0.15, -0.1) is 0 Å². The lowest BCUT2D eigenvalue weighted by Gasteiger charge is -2.19. The monoisotopic (exact) mass is 369 g/mol. The van der Waals surface area contributed by atoms with E-state index < -0.39 is 16.1 Å². The zero-order valence-corrected chi connectivity index (χ0v) is 15.3. The van der Waals surface area contributed by atoms with E-state index in [-0.39, 0.29) is 11.4 Å². The molecule has 0 fully saturated rings. The van der Waals surface area contributed by atoms with Crippen molar-refractivity contribution in [2.45, 2.75) is 17.9 Å². The zero-order valence-electron chi connectivity index (χ0n) is 13.7. The number of nitrogens with one attached hydrogen (secondary N) is 1. The van der Waals surface area contributed by atoms with Crippen molar-refractivity contribution in [1.82, 2.24) is 4.72 Å². The first kappa shape index (κ1) is 18.7. The van der Waals surface area contributed by atoms with Crippen LogP contribution in [0.25, 0.3) is 0 Å². The third kappa shape index (κ3) is 4.27. The quantitative estimate of drug-likeness (QED) is 0.813. The molecule has 2 rings (SSSR count). The molecule has 7 heteroatoms. The smallest absolute Gasteiger partial charge is 0.240 e. The lowest BCUT2D eigenvalue weighted by Crippen LogP contribution is -2.30. The summed E-state index contributed by atoms with van der Waals surface area (Å²) in [6, 6.07) is 12.1. The lowest BCUT2D eigenvalue weighted by molar-refractivity contribution is 0.105. The summed E-state index contributed by atoms with van der Waals surface area (Å²) in [6.07, 6.45) is -0.476. The van der Waals surface area contributed by atoms with Gasteiger partial charge >= 0.3 is 0 Å². The number of halogens is 1. The van der Waals surface area contributed by atoms with Crippen molar-refractivity contribution in [2.24, 2.45) is 0 Å². The van der Waals surface area contributed by atoms with Crippen molar-refractivity contribution in [1.29, 1.82) is 0 Å². The highest BCUT2D eigenvalue weighted by Crippen LogP contribution is 2.27. The molecule has 0 saturated heterocycles. The number of ether oxygens (including phenoxy) is 2. The molecule has 0 radical (unpaired) electrons. The van der Waals surface area contributed by atoms with Crippen molar-refractivity contribution in [3.63, 3.8) is 0 Å². The van der Waals surface area contributed by atoms with Crippen LogP contribution in [-0.2, 0) is 14.8 Å². The molecular weight excluding hydrogens is 350 g/mol. The van der Waals surface area contributed by atoms with Gasteiger partial charge in [0.05, 0.1) is 18.1 Å². The van der Waals surface area contributed by atoms with Gasteiger partial charge in [-0.25, -0.2) is 13.1 Å². The molecule has 0 heterocycles. The summed E-state index contributed by atoms with van der Waals surface area (Å²) in [4.78, 5) is 0.157. The third-order valence-corrected chi connectivity index (χ3v) is 5.47. The van der Waals surface area contributed by atoms with E-state index in [4.69, 9.17) is 21.1 Å². The number of aryl methyl sites for hydroxylation is 1. The Morgan fingerprint density at radius 1 is 1.17 bits per heavy atom. The van der Waals surface area contributed by atoms with Gasteiger partial charge in [-0.2, -0.15) is 0 Å². The Morgan fingerprint density at radius 2 is 1.88 bits per heavy atom. The fraction of sp³-hybridized carbons (Fsp3) is 0.294. The normalized spacial score (nSPS) is 12.8. The molecule has 5 nitrogen and oxygen atoms in total. The molecule has 1 N–H and O–H groups in total. The van der Waals surface area contributed by atoms with Crippen molar-refractivity contribution >= 4 is 21.6 Å². The fourth-order valence-corrected chi connectivity index (χ4v) is 3.92. The van der Waals surface area contributed by atoms with Gasteiger partial charge < -0.3 is 9.47 Å².